The Morgan fingerprint density at radius 2 is 1.66 bits per heavy atom. The average molecular weight is 610 g/mol. The van der Waals surface area contributed by atoms with Crippen molar-refractivity contribution in [1.29, 1.82) is 0 Å². The molecule has 1 saturated heterocycles. The Kier molecular flexibility index (Phi) is 11.1. The van der Waals surface area contributed by atoms with Crippen molar-refractivity contribution in [2.45, 2.75) is 72.0 Å². The van der Waals surface area contributed by atoms with Gasteiger partial charge in [0.2, 0.25) is 5.95 Å². The molecule has 2 aliphatic rings. The zero-order valence-corrected chi connectivity index (χ0v) is 26.3. The first-order valence-corrected chi connectivity index (χ1v) is 16.3. The summed E-state index contributed by atoms with van der Waals surface area (Å²) in [6.45, 7) is 12.1. The van der Waals surface area contributed by atoms with Crippen molar-refractivity contribution in [3.8, 4) is 5.75 Å². The molecule has 2 aromatic heterocycles. The standard InChI is InChI=1S/C32H47N7O5/c1-3-5-15-38-29-28(30(41)39(32(38)42)16-6-4-2)37-17-7-14-36(31(37)34-29)18-12-25-8-10-26(11-9-25)44-24-27(40)33-13-19-35-20-22-43-23-21-35/h8-11H,3-7,12-24H2,1-2H3,(H,33,40). The fraction of sp³-hybridized carbons (Fsp3) is 0.625. The number of amides is 1. The van der Waals surface area contributed by atoms with E-state index in [0.29, 0.717) is 43.1 Å². The quantitative estimate of drug-likeness (QED) is 0.279. The van der Waals surface area contributed by atoms with Gasteiger partial charge in [-0.1, -0.05) is 38.8 Å². The maximum absolute atomic E-state index is 13.6. The summed E-state index contributed by atoms with van der Waals surface area (Å²) >= 11 is 0. The highest BCUT2D eigenvalue weighted by molar-refractivity contribution is 5.77. The van der Waals surface area contributed by atoms with E-state index in [0.717, 1.165) is 96.0 Å². The Morgan fingerprint density at radius 1 is 0.932 bits per heavy atom. The SMILES string of the molecule is CCCCn1c(=O)c2c(nc3n2CCCN3CCc2ccc(OCC(=O)NCCN3CCOCC3)cc2)n(CCCC)c1=O. The number of benzene rings is 1. The molecular weight excluding hydrogens is 562 g/mol. The maximum atomic E-state index is 13.6. The molecule has 5 rings (SSSR count). The number of unbranched alkanes of at least 4 members (excludes halogenated alkanes) is 2. The van der Waals surface area contributed by atoms with Gasteiger partial charge < -0.3 is 24.3 Å². The number of rotatable bonds is 15. The van der Waals surface area contributed by atoms with Crippen LogP contribution in [0.25, 0.3) is 11.2 Å². The Labute approximate surface area is 258 Å². The van der Waals surface area contributed by atoms with Crippen LogP contribution in [0.15, 0.2) is 33.9 Å². The Hall–Kier alpha value is -3.64. The van der Waals surface area contributed by atoms with Crippen molar-refractivity contribution in [1.82, 2.24) is 28.9 Å². The fourth-order valence-corrected chi connectivity index (χ4v) is 5.89. The predicted molar refractivity (Wildman–Crippen MR) is 171 cm³/mol. The van der Waals surface area contributed by atoms with Crippen LogP contribution >= 0.6 is 0 Å². The lowest BCUT2D eigenvalue weighted by molar-refractivity contribution is -0.123. The Bertz CT molecular complexity index is 1500. The lowest BCUT2D eigenvalue weighted by Gasteiger charge is -2.29. The Balaban J connectivity index is 1.20. The van der Waals surface area contributed by atoms with Gasteiger partial charge in [0.25, 0.3) is 11.5 Å². The van der Waals surface area contributed by atoms with Crippen LogP contribution in [-0.4, -0.2) is 88.6 Å². The van der Waals surface area contributed by atoms with Crippen LogP contribution in [0.5, 0.6) is 5.75 Å². The molecule has 0 aliphatic carbocycles. The van der Waals surface area contributed by atoms with Crippen LogP contribution in [0.1, 0.15) is 51.5 Å². The van der Waals surface area contributed by atoms with E-state index in [4.69, 9.17) is 14.5 Å². The maximum Gasteiger partial charge on any atom is 0.332 e. The molecule has 0 unspecified atom stereocenters. The molecule has 12 heteroatoms. The molecule has 4 heterocycles. The third-order valence-corrected chi connectivity index (χ3v) is 8.47. The number of nitrogens with one attached hydrogen (secondary N) is 1. The summed E-state index contributed by atoms with van der Waals surface area (Å²) in [6, 6.07) is 7.83. The van der Waals surface area contributed by atoms with E-state index in [1.807, 2.05) is 28.8 Å². The first kappa shape index (κ1) is 31.8. The summed E-state index contributed by atoms with van der Waals surface area (Å²) in [5.41, 5.74) is 1.72. The van der Waals surface area contributed by atoms with Crippen LogP contribution in [0.2, 0.25) is 0 Å². The third kappa shape index (κ3) is 7.52. The second kappa shape index (κ2) is 15.4. The molecule has 44 heavy (non-hydrogen) atoms. The van der Waals surface area contributed by atoms with Gasteiger partial charge in [0.15, 0.2) is 17.8 Å². The molecule has 3 aromatic rings. The van der Waals surface area contributed by atoms with Gasteiger partial charge in [0, 0.05) is 58.9 Å². The highest BCUT2D eigenvalue weighted by Gasteiger charge is 2.26. The van der Waals surface area contributed by atoms with Crippen LogP contribution in [0.3, 0.4) is 0 Å². The van der Waals surface area contributed by atoms with E-state index in [1.165, 1.54) is 4.57 Å². The molecule has 1 aromatic carbocycles. The number of hydrogen-bond donors (Lipinski definition) is 1. The summed E-state index contributed by atoms with van der Waals surface area (Å²) < 4.78 is 16.2. The zero-order chi connectivity index (χ0) is 30.9. The van der Waals surface area contributed by atoms with E-state index in [1.54, 1.807) is 4.57 Å². The summed E-state index contributed by atoms with van der Waals surface area (Å²) in [6.07, 6.45) is 5.20. The predicted octanol–water partition coefficient (Wildman–Crippen LogP) is 2.24. The van der Waals surface area contributed by atoms with Crippen molar-refractivity contribution in [3.05, 3.63) is 50.7 Å². The van der Waals surface area contributed by atoms with Gasteiger partial charge in [0.1, 0.15) is 5.75 Å². The van der Waals surface area contributed by atoms with Gasteiger partial charge in [-0.15, -0.1) is 0 Å². The van der Waals surface area contributed by atoms with E-state index in [2.05, 4.69) is 29.0 Å². The largest absolute Gasteiger partial charge is 0.484 e. The molecule has 12 nitrogen and oxygen atoms in total. The van der Waals surface area contributed by atoms with Crippen molar-refractivity contribution < 1.29 is 14.3 Å². The summed E-state index contributed by atoms with van der Waals surface area (Å²) in [7, 11) is 0. The van der Waals surface area contributed by atoms with E-state index in [9.17, 15) is 14.4 Å². The lowest BCUT2D eigenvalue weighted by atomic mass is 10.1. The van der Waals surface area contributed by atoms with Crippen LogP contribution in [0.4, 0.5) is 5.95 Å². The first-order chi connectivity index (χ1) is 21.5. The number of fused-ring (bicyclic) bond motifs is 3. The molecule has 1 N–H and O–H groups in total. The van der Waals surface area contributed by atoms with Crippen molar-refractivity contribution in [2.24, 2.45) is 0 Å². The van der Waals surface area contributed by atoms with Crippen LogP contribution < -0.4 is 26.2 Å². The molecule has 0 radical (unpaired) electrons. The monoisotopic (exact) mass is 609 g/mol. The molecule has 240 valence electrons. The highest BCUT2D eigenvalue weighted by atomic mass is 16.5. The number of carbonyl (C=O) groups is 1. The number of morpholine rings is 1. The van der Waals surface area contributed by atoms with Gasteiger partial charge >= 0.3 is 5.69 Å². The number of imidazole rings is 1. The van der Waals surface area contributed by atoms with Gasteiger partial charge in [-0.05, 0) is 43.4 Å². The molecule has 0 spiro atoms. The first-order valence-electron chi connectivity index (χ1n) is 16.3. The van der Waals surface area contributed by atoms with Gasteiger partial charge in [0.05, 0.1) is 13.2 Å². The molecular formula is C32H47N7O5. The molecule has 2 aliphatic heterocycles. The number of carbonyl (C=O) groups excluding carboxylic acids is 1. The normalized spacial score (nSPS) is 15.5. The number of ether oxygens (including phenoxy) is 2. The molecule has 1 fully saturated rings. The molecule has 0 bridgehead atoms. The van der Waals surface area contributed by atoms with Gasteiger partial charge in [-0.25, -0.2) is 4.79 Å². The molecule has 1 amide bonds. The number of aryl methyl sites for hydroxylation is 2. The summed E-state index contributed by atoms with van der Waals surface area (Å²) in [5.74, 6) is 1.29. The zero-order valence-electron chi connectivity index (χ0n) is 26.3. The Morgan fingerprint density at radius 3 is 2.39 bits per heavy atom. The van der Waals surface area contributed by atoms with Crippen molar-refractivity contribution in [2.75, 3.05) is 64.0 Å². The lowest BCUT2D eigenvalue weighted by Crippen LogP contribution is -2.42. The minimum absolute atomic E-state index is 0.0179. The van der Waals surface area contributed by atoms with Crippen molar-refractivity contribution in [3.63, 3.8) is 0 Å². The number of nitrogens with zero attached hydrogens (tertiary/aromatic N) is 6. The molecule has 0 saturated carbocycles. The number of hydrogen-bond acceptors (Lipinski definition) is 8. The van der Waals surface area contributed by atoms with Crippen molar-refractivity contribution >= 4 is 23.0 Å². The highest BCUT2D eigenvalue weighted by Crippen LogP contribution is 2.25. The van der Waals surface area contributed by atoms with E-state index < -0.39 is 0 Å². The fourth-order valence-electron chi connectivity index (χ4n) is 5.89. The minimum Gasteiger partial charge on any atom is -0.484 e. The smallest absolute Gasteiger partial charge is 0.332 e. The summed E-state index contributed by atoms with van der Waals surface area (Å²) in [5, 5.41) is 2.92. The minimum atomic E-state index is -0.251. The summed E-state index contributed by atoms with van der Waals surface area (Å²) in [4.78, 5) is 48.6. The topological polar surface area (TPSA) is 116 Å². The van der Waals surface area contributed by atoms with Gasteiger partial charge in [-0.2, -0.15) is 4.98 Å². The van der Waals surface area contributed by atoms with E-state index >= 15 is 0 Å². The second-order valence-corrected chi connectivity index (χ2v) is 11.7. The van der Waals surface area contributed by atoms with Gasteiger partial charge in [-0.3, -0.25) is 23.6 Å². The average Bonchev–Trinajstić information content (AvgIpc) is 3.44. The van der Waals surface area contributed by atoms with E-state index in [-0.39, 0.29) is 23.8 Å². The van der Waals surface area contributed by atoms with Crippen LogP contribution in [0, 0.1) is 0 Å². The molecule has 0 atom stereocenters. The number of aromatic nitrogens is 4. The second-order valence-electron chi connectivity index (χ2n) is 11.7. The van der Waals surface area contributed by atoms with Crippen LogP contribution in [-0.2, 0) is 35.6 Å². The number of anilines is 1. The third-order valence-electron chi connectivity index (χ3n) is 8.47.